The molecule has 3 heteroatoms. The Morgan fingerprint density at radius 2 is 1.77 bits per heavy atom. The van der Waals surface area contributed by atoms with Crippen LogP contribution < -0.4 is 5.32 Å². The van der Waals surface area contributed by atoms with Crippen molar-refractivity contribution in [3.8, 4) is 0 Å². The predicted molar refractivity (Wildman–Crippen MR) is 92.8 cm³/mol. The third kappa shape index (κ3) is 6.68. The van der Waals surface area contributed by atoms with Gasteiger partial charge in [-0.3, -0.25) is 4.79 Å². The molecule has 0 aromatic rings. The number of piperidine rings is 1. The highest BCUT2D eigenvalue weighted by Gasteiger charge is 2.20. The molecule has 0 aromatic heterocycles. The van der Waals surface area contributed by atoms with Crippen molar-refractivity contribution >= 4 is 5.91 Å². The topological polar surface area (TPSA) is 32.3 Å². The van der Waals surface area contributed by atoms with Crippen LogP contribution in [0.1, 0.15) is 71.6 Å². The van der Waals surface area contributed by atoms with Gasteiger partial charge in [-0.1, -0.05) is 39.5 Å². The summed E-state index contributed by atoms with van der Waals surface area (Å²) in [5.74, 6) is 2.62. The van der Waals surface area contributed by atoms with E-state index in [4.69, 9.17) is 0 Å². The second-order valence-corrected chi connectivity index (χ2v) is 7.96. The summed E-state index contributed by atoms with van der Waals surface area (Å²) in [7, 11) is 0. The van der Waals surface area contributed by atoms with Crippen LogP contribution in [0.4, 0.5) is 0 Å². The van der Waals surface area contributed by atoms with E-state index < -0.39 is 0 Å². The zero-order valence-electron chi connectivity index (χ0n) is 14.8. The molecular formula is C19H36N2O. The highest BCUT2D eigenvalue weighted by molar-refractivity contribution is 5.75. The summed E-state index contributed by atoms with van der Waals surface area (Å²) in [4.78, 5) is 14.6. The van der Waals surface area contributed by atoms with E-state index in [0.717, 1.165) is 31.2 Å². The molecule has 0 bridgehead atoms. The van der Waals surface area contributed by atoms with Crippen molar-refractivity contribution in [2.75, 3.05) is 26.2 Å². The summed E-state index contributed by atoms with van der Waals surface area (Å²) in [5.41, 5.74) is 0. The van der Waals surface area contributed by atoms with E-state index in [1.54, 1.807) is 0 Å². The van der Waals surface area contributed by atoms with Crippen molar-refractivity contribution in [2.45, 2.75) is 71.6 Å². The zero-order chi connectivity index (χ0) is 15.8. The van der Waals surface area contributed by atoms with E-state index in [2.05, 4.69) is 24.1 Å². The number of likely N-dealkylation sites (tertiary alicyclic amines) is 1. The second-order valence-electron chi connectivity index (χ2n) is 7.96. The fourth-order valence-electron chi connectivity index (χ4n) is 3.84. The standard InChI is InChI=1S/C19H36N2O/c1-16(2)9-12-21-13-10-18(11-14-21)15-20-19(22)8-7-17-5-3-4-6-17/h16-18H,3-15H2,1-2H3,(H,20,22). The van der Waals surface area contributed by atoms with Gasteiger partial charge in [0.2, 0.25) is 5.91 Å². The first-order valence-electron chi connectivity index (χ1n) is 9.62. The normalized spacial score (nSPS) is 21.6. The van der Waals surface area contributed by atoms with Crippen molar-refractivity contribution in [1.29, 1.82) is 0 Å². The molecule has 1 aliphatic carbocycles. The van der Waals surface area contributed by atoms with Gasteiger partial charge >= 0.3 is 0 Å². The van der Waals surface area contributed by atoms with Crippen LogP contribution >= 0.6 is 0 Å². The molecule has 0 spiro atoms. The maximum Gasteiger partial charge on any atom is 0.220 e. The smallest absolute Gasteiger partial charge is 0.220 e. The maximum absolute atomic E-state index is 12.0. The Morgan fingerprint density at radius 3 is 2.41 bits per heavy atom. The molecule has 3 nitrogen and oxygen atoms in total. The van der Waals surface area contributed by atoms with E-state index in [1.165, 1.54) is 64.6 Å². The number of hydrogen-bond donors (Lipinski definition) is 1. The molecule has 1 N–H and O–H groups in total. The molecule has 128 valence electrons. The van der Waals surface area contributed by atoms with Crippen molar-refractivity contribution in [3.63, 3.8) is 0 Å². The van der Waals surface area contributed by atoms with Crippen LogP contribution in [0.15, 0.2) is 0 Å². The molecule has 0 aromatic carbocycles. The second kappa shape index (κ2) is 9.54. The molecule has 0 atom stereocenters. The average molecular weight is 309 g/mol. The van der Waals surface area contributed by atoms with Crippen molar-refractivity contribution in [3.05, 3.63) is 0 Å². The zero-order valence-corrected chi connectivity index (χ0v) is 14.8. The Labute approximate surface area is 137 Å². The van der Waals surface area contributed by atoms with Gasteiger partial charge in [0.05, 0.1) is 0 Å². The van der Waals surface area contributed by atoms with E-state index in [-0.39, 0.29) is 5.91 Å². The van der Waals surface area contributed by atoms with Crippen molar-refractivity contribution < 1.29 is 4.79 Å². The number of hydrogen-bond acceptors (Lipinski definition) is 2. The Balaban J connectivity index is 1.51. The molecule has 22 heavy (non-hydrogen) atoms. The molecule has 2 rings (SSSR count). The lowest BCUT2D eigenvalue weighted by molar-refractivity contribution is -0.121. The lowest BCUT2D eigenvalue weighted by Gasteiger charge is -2.32. The summed E-state index contributed by atoms with van der Waals surface area (Å²) < 4.78 is 0. The summed E-state index contributed by atoms with van der Waals surface area (Å²) in [6.45, 7) is 9.19. The summed E-state index contributed by atoms with van der Waals surface area (Å²) in [6.07, 6.45) is 11.1. The molecule has 1 aliphatic heterocycles. The van der Waals surface area contributed by atoms with Crippen LogP contribution in [0, 0.1) is 17.8 Å². The summed E-state index contributed by atoms with van der Waals surface area (Å²) in [6, 6.07) is 0. The Hall–Kier alpha value is -0.570. The van der Waals surface area contributed by atoms with E-state index in [9.17, 15) is 4.79 Å². The molecule has 2 fully saturated rings. The maximum atomic E-state index is 12.0. The Bertz CT molecular complexity index is 315. The first-order chi connectivity index (χ1) is 10.6. The summed E-state index contributed by atoms with van der Waals surface area (Å²) in [5, 5.41) is 3.18. The van der Waals surface area contributed by atoms with Crippen LogP contribution in [0.5, 0.6) is 0 Å². The van der Waals surface area contributed by atoms with Gasteiger partial charge in [-0.15, -0.1) is 0 Å². The third-order valence-corrected chi connectivity index (χ3v) is 5.57. The van der Waals surface area contributed by atoms with E-state index in [0.29, 0.717) is 5.92 Å². The lowest BCUT2D eigenvalue weighted by Crippen LogP contribution is -2.39. The molecule has 1 saturated heterocycles. The highest BCUT2D eigenvalue weighted by Crippen LogP contribution is 2.28. The average Bonchev–Trinajstić information content (AvgIpc) is 3.03. The van der Waals surface area contributed by atoms with Crippen LogP contribution in [-0.2, 0) is 4.79 Å². The summed E-state index contributed by atoms with van der Waals surface area (Å²) >= 11 is 0. The van der Waals surface area contributed by atoms with Gasteiger partial charge in [-0.05, 0) is 63.1 Å². The van der Waals surface area contributed by atoms with Gasteiger partial charge in [-0.2, -0.15) is 0 Å². The molecule has 2 aliphatic rings. The van der Waals surface area contributed by atoms with E-state index in [1.807, 2.05) is 0 Å². The van der Waals surface area contributed by atoms with Gasteiger partial charge in [0.15, 0.2) is 0 Å². The Morgan fingerprint density at radius 1 is 1.09 bits per heavy atom. The van der Waals surface area contributed by atoms with Gasteiger partial charge in [0.25, 0.3) is 0 Å². The number of nitrogens with zero attached hydrogens (tertiary/aromatic N) is 1. The van der Waals surface area contributed by atoms with Gasteiger partial charge in [-0.25, -0.2) is 0 Å². The first kappa shape index (κ1) is 17.8. The molecular weight excluding hydrogens is 272 g/mol. The number of nitrogens with one attached hydrogen (secondary N) is 1. The Kier molecular flexibility index (Phi) is 7.71. The van der Waals surface area contributed by atoms with Crippen molar-refractivity contribution in [2.24, 2.45) is 17.8 Å². The number of carbonyl (C=O) groups is 1. The fraction of sp³-hybridized carbons (Fsp3) is 0.947. The monoisotopic (exact) mass is 308 g/mol. The van der Waals surface area contributed by atoms with Gasteiger partial charge < -0.3 is 10.2 Å². The van der Waals surface area contributed by atoms with Crippen LogP contribution in [0.3, 0.4) is 0 Å². The lowest BCUT2D eigenvalue weighted by atomic mass is 9.96. The number of amides is 1. The number of carbonyl (C=O) groups excluding carboxylic acids is 1. The molecule has 1 saturated carbocycles. The van der Waals surface area contributed by atoms with Gasteiger partial charge in [0, 0.05) is 13.0 Å². The minimum atomic E-state index is 0.286. The van der Waals surface area contributed by atoms with Crippen LogP contribution in [0.25, 0.3) is 0 Å². The van der Waals surface area contributed by atoms with Crippen LogP contribution in [0.2, 0.25) is 0 Å². The van der Waals surface area contributed by atoms with Crippen molar-refractivity contribution in [1.82, 2.24) is 10.2 Å². The SMILES string of the molecule is CC(C)CCN1CCC(CNC(=O)CCC2CCCC2)CC1. The predicted octanol–water partition coefficient (Wildman–Crippen LogP) is 3.83. The third-order valence-electron chi connectivity index (χ3n) is 5.57. The first-order valence-corrected chi connectivity index (χ1v) is 9.62. The minimum absolute atomic E-state index is 0.286. The van der Waals surface area contributed by atoms with Crippen LogP contribution in [-0.4, -0.2) is 37.0 Å². The van der Waals surface area contributed by atoms with E-state index >= 15 is 0 Å². The largest absolute Gasteiger partial charge is 0.356 e. The number of rotatable bonds is 8. The fourth-order valence-corrected chi connectivity index (χ4v) is 3.84. The quantitative estimate of drug-likeness (QED) is 0.739. The molecule has 0 radical (unpaired) electrons. The van der Waals surface area contributed by atoms with Gasteiger partial charge in [0.1, 0.15) is 0 Å². The molecule has 0 unspecified atom stereocenters. The molecule has 1 amide bonds. The highest BCUT2D eigenvalue weighted by atomic mass is 16.1. The minimum Gasteiger partial charge on any atom is -0.356 e. The molecule has 1 heterocycles.